The molecule has 1 aliphatic rings. The first-order valence-electron chi connectivity index (χ1n) is 7.07. The molecule has 0 aliphatic carbocycles. The van der Waals surface area contributed by atoms with Gasteiger partial charge in [-0.25, -0.2) is 14.6 Å². The van der Waals surface area contributed by atoms with Gasteiger partial charge in [0.2, 0.25) is 0 Å². The van der Waals surface area contributed by atoms with Gasteiger partial charge in [-0.1, -0.05) is 18.2 Å². The summed E-state index contributed by atoms with van der Waals surface area (Å²) in [4.78, 5) is 8.92. The van der Waals surface area contributed by atoms with Crippen LogP contribution in [-0.2, 0) is 13.0 Å². The largest absolute Gasteiger partial charge is 0.312 e. The molecule has 0 saturated carbocycles. The Labute approximate surface area is 122 Å². The zero-order valence-corrected chi connectivity index (χ0v) is 11.5. The van der Waals surface area contributed by atoms with Gasteiger partial charge in [-0.3, -0.25) is 0 Å². The van der Waals surface area contributed by atoms with Crippen LogP contribution >= 0.6 is 0 Å². The van der Waals surface area contributed by atoms with Crippen molar-refractivity contribution in [3.63, 3.8) is 0 Å². The Morgan fingerprint density at radius 1 is 1.05 bits per heavy atom. The standard InChI is InChI=1S/C16H15N5/c1-2-4-12(5-3-1)21-15(7-9-20-21)16-13-10-17-8-6-14(13)18-11-19-16/h1-5,7,9,11,17H,6,8,10H2. The maximum absolute atomic E-state index is 4.51. The number of rotatable bonds is 2. The summed E-state index contributed by atoms with van der Waals surface area (Å²) in [5, 5.41) is 7.84. The van der Waals surface area contributed by atoms with Gasteiger partial charge >= 0.3 is 0 Å². The van der Waals surface area contributed by atoms with E-state index in [0.29, 0.717) is 0 Å². The first kappa shape index (κ1) is 12.2. The lowest BCUT2D eigenvalue weighted by atomic mass is 10.0. The Kier molecular flexibility index (Phi) is 2.97. The number of aromatic nitrogens is 4. The van der Waals surface area contributed by atoms with Crippen LogP contribution in [0.25, 0.3) is 17.1 Å². The number of nitrogens with one attached hydrogen (secondary N) is 1. The average Bonchev–Trinajstić information content (AvgIpc) is 3.04. The highest BCUT2D eigenvalue weighted by atomic mass is 15.3. The lowest BCUT2D eigenvalue weighted by Crippen LogP contribution is -2.25. The molecule has 0 saturated heterocycles. The Bertz CT molecular complexity index is 763. The lowest BCUT2D eigenvalue weighted by molar-refractivity contribution is 0.626. The number of hydrogen-bond donors (Lipinski definition) is 1. The van der Waals surface area contributed by atoms with Crippen molar-refractivity contribution < 1.29 is 0 Å². The molecule has 3 aromatic rings. The van der Waals surface area contributed by atoms with Crippen molar-refractivity contribution in [1.82, 2.24) is 25.1 Å². The molecule has 5 heteroatoms. The molecular weight excluding hydrogens is 262 g/mol. The van der Waals surface area contributed by atoms with Gasteiger partial charge < -0.3 is 5.32 Å². The molecule has 0 bridgehead atoms. The molecular formula is C16H15N5. The van der Waals surface area contributed by atoms with E-state index in [9.17, 15) is 0 Å². The lowest BCUT2D eigenvalue weighted by Gasteiger charge is -2.18. The van der Waals surface area contributed by atoms with E-state index in [0.717, 1.165) is 42.3 Å². The predicted molar refractivity (Wildman–Crippen MR) is 80.0 cm³/mol. The summed E-state index contributed by atoms with van der Waals surface area (Å²) in [5.41, 5.74) is 5.33. The second-order valence-corrected chi connectivity index (χ2v) is 5.04. The Morgan fingerprint density at radius 2 is 1.95 bits per heavy atom. The molecule has 4 rings (SSSR count). The minimum atomic E-state index is 0.811. The highest BCUT2D eigenvalue weighted by Gasteiger charge is 2.19. The maximum Gasteiger partial charge on any atom is 0.116 e. The third-order valence-electron chi connectivity index (χ3n) is 3.76. The van der Waals surface area contributed by atoms with E-state index in [4.69, 9.17) is 0 Å². The van der Waals surface area contributed by atoms with Gasteiger partial charge in [-0.05, 0) is 18.2 Å². The number of fused-ring (bicyclic) bond motifs is 1. The normalized spacial score (nSPS) is 13.9. The second-order valence-electron chi connectivity index (χ2n) is 5.04. The van der Waals surface area contributed by atoms with Crippen molar-refractivity contribution in [2.45, 2.75) is 13.0 Å². The first-order valence-corrected chi connectivity index (χ1v) is 7.07. The molecule has 0 spiro atoms. The summed E-state index contributed by atoms with van der Waals surface area (Å²) < 4.78 is 1.93. The molecule has 1 aliphatic heterocycles. The topological polar surface area (TPSA) is 55.6 Å². The second kappa shape index (κ2) is 5.10. The Morgan fingerprint density at radius 3 is 2.86 bits per heavy atom. The fraction of sp³-hybridized carbons (Fsp3) is 0.188. The molecule has 0 atom stereocenters. The van der Waals surface area contributed by atoms with Crippen LogP contribution in [0.1, 0.15) is 11.3 Å². The highest BCUT2D eigenvalue weighted by Crippen LogP contribution is 2.26. The smallest absolute Gasteiger partial charge is 0.116 e. The summed E-state index contributed by atoms with van der Waals surface area (Å²) in [5.74, 6) is 0. The van der Waals surface area contributed by atoms with Crippen LogP contribution in [0, 0.1) is 0 Å². The van der Waals surface area contributed by atoms with E-state index in [1.807, 2.05) is 47.3 Å². The van der Waals surface area contributed by atoms with Gasteiger partial charge in [0.1, 0.15) is 6.33 Å². The van der Waals surface area contributed by atoms with Gasteiger partial charge in [-0.15, -0.1) is 0 Å². The van der Waals surface area contributed by atoms with Crippen molar-refractivity contribution in [2.75, 3.05) is 6.54 Å². The number of para-hydroxylation sites is 1. The number of hydrogen-bond acceptors (Lipinski definition) is 4. The predicted octanol–water partition coefficient (Wildman–Crippen LogP) is 1.97. The maximum atomic E-state index is 4.51. The van der Waals surface area contributed by atoms with Gasteiger partial charge in [-0.2, -0.15) is 5.10 Å². The van der Waals surface area contributed by atoms with Crippen molar-refractivity contribution >= 4 is 0 Å². The van der Waals surface area contributed by atoms with Crippen molar-refractivity contribution in [3.05, 3.63) is 60.2 Å². The summed E-state index contributed by atoms with van der Waals surface area (Å²) >= 11 is 0. The molecule has 0 radical (unpaired) electrons. The van der Waals surface area contributed by atoms with Crippen LogP contribution in [0.2, 0.25) is 0 Å². The number of benzene rings is 1. The van der Waals surface area contributed by atoms with Gasteiger partial charge in [0.05, 0.1) is 29.0 Å². The summed E-state index contributed by atoms with van der Waals surface area (Å²) in [6.45, 7) is 1.78. The summed E-state index contributed by atoms with van der Waals surface area (Å²) in [6.07, 6.45) is 4.42. The monoisotopic (exact) mass is 277 g/mol. The number of nitrogens with zero attached hydrogens (tertiary/aromatic N) is 4. The van der Waals surface area contributed by atoms with E-state index in [2.05, 4.69) is 20.4 Å². The van der Waals surface area contributed by atoms with Crippen molar-refractivity contribution in [1.29, 1.82) is 0 Å². The van der Waals surface area contributed by atoms with Crippen LogP contribution in [0.15, 0.2) is 48.9 Å². The zero-order chi connectivity index (χ0) is 14.1. The van der Waals surface area contributed by atoms with Gasteiger partial charge in [0.25, 0.3) is 0 Å². The zero-order valence-electron chi connectivity index (χ0n) is 11.5. The molecule has 0 fully saturated rings. The van der Waals surface area contributed by atoms with E-state index in [1.54, 1.807) is 6.33 Å². The van der Waals surface area contributed by atoms with Crippen LogP contribution in [0.5, 0.6) is 0 Å². The molecule has 0 unspecified atom stereocenters. The summed E-state index contributed by atoms with van der Waals surface area (Å²) in [7, 11) is 0. The van der Waals surface area contributed by atoms with Crippen molar-refractivity contribution in [2.24, 2.45) is 0 Å². The molecule has 21 heavy (non-hydrogen) atoms. The van der Waals surface area contributed by atoms with Crippen molar-refractivity contribution in [3.8, 4) is 17.1 Å². The van der Waals surface area contributed by atoms with E-state index in [-0.39, 0.29) is 0 Å². The Hall–Kier alpha value is -2.53. The molecule has 2 aromatic heterocycles. The van der Waals surface area contributed by atoms with Crippen LogP contribution in [0.4, 0.5) is 0 Å². The molecule has 3 heterocycles. The van der Waals surface area contributed by atoms with E-state index < -0.39 is 0 Å². The fourth-order valence-electron chi connectivity index (χ4n) is 2.75. The van der Waals surface area contributed by atoms with E-state index in [1.165, 1.54) is 5.56 Å². The average molecular weight is 277 g/mol. The van der Waals surface area contributed by atoms with E-state index >= 15 is 0 Å². The third kappa shape index (κ3) is 2.11. The van der Waals surface area contributed by atoms with Crippen LogP contribution in [0.3, 0.4) is 0 Å². The van der Waals surface area contributed by atoms with Crippen LogP contribution < -0.4 is 5.32 Å². The molecule has 1 N–H and O–H groups in total. The summed E-state index contributed by atoms with van der Waals surface area (Å²) in [6, 6.07) is 12.1. The first-order chi connectivity index (χ1) is 10.4. The molecule has 1 aromatic carbocycles. The Balaban J connectivity index is 1.88. The quantitative estimate of drug-likeness (QED) is 0.778. The minimum Gasteiger partial charge on any atom is -0.312 e. The van der Waals surface area contributed by atoms with Crippen LogP contribution in [-0.4, -0.2) is 26.3 Å². The molecule has 5 nitrogen and oxygen atoms in total. The molecule has 0 amide bonds. The van der Waals surface area contributed by atoms with Gasteiger partial charge in [0.15, 0.2) is 0 Å². The molecule has 104 valence electrons. The minimum absolute atomic E-state index is 0.811. The highest BCUT2D eigenvalue weighted by molar-refractivity contribution is 5.62. The third-order valence-corrected chi connectivity index (χ3v) is 3.76. The SMILES string of the molecule is c1ccc(-n2nccc2-c2ncnc3c2CNCC3)cc1. The van der Waals surface area contributed by atoms with Gasteiger partial charge in [0, 0.05) is 25.1 Å². The fourth-order valence-corrected chi connectivity index (χ4v) is 2.75.